The van der Waals surface area contributed by atoms with Gasteiger partial charge in [-0.05, 0) is 5.92 Å². The molecule has 0 radical (unpaired) electrons. The number of anilines is 1. The van der Waals surface area contributed by atoms with Crippen LogP contribution in [0.25, 0.3) is 0 Å². The van der Waals surface area contributed by atoms with E-state index in [0.717, 1.165) is 6.20 Å². The fourth-order valence-electron chi connectivity index (χ4n) is 2.22. The third-order valence-electron chi connectivity index (χ3n) is 3.38. The normalized spacial score (nSPS) is 25.6. The summed E-state index contributed by atoms with van der Waals surface area (Å²) in [5, 5.41) is 5.53. The first-order chi connectivity index (χ1) is 9.67. The van der Waals surface area contributed by atoms with E-state index in [1.54, 1.807) is 6.92 Å². The van der Waals surface area contributed by atoms with Gasteiger partial charge in [0.2, 0.25) is 0 Å². The van der Waals surface area contributed by atoms with Crippen molar-refractivity contribution < 1.29 is 22.0 Å². The van der Waals surface area contributed by atoms with Gasteiger partial charge in [0.25, 0.3) is 5.92 Å². The van der Waals surface area contributed by atoms with Crippen molar-refractivity contribution >= 4 is 5.82 Å². The molecule has 0 spiro atoms. The van der Waals surface area contributed by atoms with Crippen molar-refractivity contribution in [3.8, 4) is 0 Å². The zero-order chi connectivity index (χ0) is 15.7. The second-order valence-corrected chi connectivity index (χ2v) is 5.19. The van der Waals surface area contributed by atoms with Gasteiger partial charge in [0.15, 0.2) is 5.69 Å². The molecule has 21 heavy (non-hydrogen) atoms. The number of nitrogens with zero attached hydrogens (tertiary/aromatic N) is 2. The molecular weight excluding hydrogens is 295 g/mol. The quantitative estimate of drug-likeness (QED) is 0.843. The second kappa shape index (κ2) is 5.70. The molecule has 1 saturated heterocycles. The lowest BCUT2D eigenvalue weighted by molar-refractivity contribution is -0.141. The Hall–Kier alpha value is -1.51. The summed E-state index contributed by atoms with van der Waals surface area (Å²) in [6.45, 7) is 1.59. The highest BCUT2D eigenvalue weighted by molar-refractivity contribution is 5.31. The minimum absolute atomic E-state index is 0.175. The number of hydrogen-bond acceptors (Lipinski definition) is 4. The first kappa shape index (κ1) is 15.9. The van der Waals surface area contributed by atoms with E-state index in [1.165, 1.54) is 0 Å². The van der Waals surface area contributed by atoms with Gasteiger partial charge in [0, 0.05) is 19.0 Å². The molecule has 0 aliphatic carbocycles. The molecule has 2 atom stereocenters. The number of hydrogen-bond donors (Lipinski definition) is 2. The Morgan fingerprint density at radius 2 is 2.05 bits per heavy atom. The molecule has 0 bridgehead atoms. The van der Waals surface area contributed by atoms with Gasteiger partial charge in [-0.25, -0.2) is 18.7 Å². The van der Waals surface area contributed by atoms with Gasteiger partial charge in [-0.15, -0.1) is 0 Å². The van der Waals surface area contributed by atoms with E-state index < -0.39 is 24.3 Å². The average molecular weight is 310 g/mol. The Morgan fingerprint density at radius 3 is 2.57 bits per heavy atom. The van der Waals surface area contributed by atoms with Crippen molar-refractivity contribution in [2.45, 2.75) is 31.5 Å². The fourth-order valence-corrected chi connectivity index (χ4v) is 2.22. The van der Waals surface area contributed by atoms with Crippen molar-refractivity contribution in [3.63, 3.8) is 0 Å². The maximum Gasteiger partial charge on any atom is 0.434 e. The molecule has 1 aliphatic heterocycles. The Morgan fingerprint density at radius 1 is 1.33 bits per heavy atom. The standard InChI is InChI=1S/C12H15F5N4/c1-7-2-11(13,14)6-21-8(7)3-19-10-5-18-9(4-20-10)12(15,16)17/h4-5,7-8,21H,2-3,6H2,1H3,(H,19,20)/t7-,8-/m1/s1. The van der Waals surface area contributed by atoms with Crippen LogP contribution < -0.4 is 10.6 Å². The third-order valence-corrected chi connectivity index (χ3v) is 3.38. The number of halogens is 5. The van der Waals surface area contributed by atoms with Gasteiger partial charge in [-0.2, -0.15) is 13.2 Å². The maximum absolute atomic E-state index is 13.1. The summed E-state index contributed by atoms with van der Waals surface area (Å²) in [6.07, 6.45) is -3.14. The molecule has 1 aromatic heterocycles. The summed E-state index contributed by atoms with van der Waals surface area (Å²) >= 11 is 0. The molecule has 2 rings (SSSR count). The lowest BCUT2D eigenvalue weighted by atomic mass is 9.90. The van der Waals surface area contributed by atoms with Crippen molar-refractivity contribution in [1.82, 2.24) is 15.3 Å². The summed E-state index contributed by atoms with van der Waals surface area (Å²) in [4.78, 5) is 6.88. The van der Waals surface area contributed by atoms with E-state index in [9.17, 15) is 22.0 Å². The highest BCUT2D eigenvalue weighted by atomic mass is 19.4. The maximum atomic E-state index is 13.1. The van der Waals surface area contributed by atoms with Gasteiger partial charge in [0.05, 0.1) is 18.9 Å². The van der Waals surface area contributed by atoms with Crippen LogP contribution in [-0.4, -0.2) is 35.0 Å². The molecule has 2 heterocycles. The predicted octanol–water partition coefficient (Wildman–Crippen LogP) is 2.54. The van der Waals surface area contributed by atoms with E-state index >= 15 is 0 Å². The fraction of sp³-hybridized carbons (Fsp3) is 0.667. The van der Waals surface area contributed by atoms with Crippen molar-refractivity contribution in [1.29, 1.82) is 0 Å². The molecule has 0 saturated carbocycles. The van der Waals surface area contributed by atoms with Crippen LogP contribution in [0.1, 0.15) is 19.0 Å². The zero-order valence-corrected chi connectivity index (χ0v) is 11.2. The summed E-state index contributed by atoms with van der Waals surface area (Å²) in [6, 6.07) is -0.200. The Balaban J connectivity index is 1.89. The molecule has 0 unspecified atom stereocenters. The van der Waals surface area contributed by atoms with Crippen LogP contribution in [0.3, 0.4) is 0 Å². The lowest BCUT2D eigenvalue weighted by Gasteiger charge is -2.35. The molecule has 1 aliphatic rings. The number of nitrogens with one attached hydrogen (secondary N) is 2. The molecule has 4 nitrogen and oxygen atoms in total. The van der Waals surface area contributed by atoms with E-state index in [-0.39, 0.29) is 30.7 Å². The van der Waals surface area contributed by atoms with Crippen molar-refractivity contribution in [2.24, 2.45) is 5.92 Å². The van der Waals surface area contributed by atoms with Gasteiger partial charge in [-0.1, -0.05) is 6.92 Å². The third kappa shape index (κ3) is 4.23. The second-order valence-electron chi connectivity index (χ2n) is 5.19. The Labute approximate surface area is 118 Å². The Bertz CT molecular complexity index is 474. The smallest absolute Gasteiger partial charge is 0.367 e. The lowest BCUT2D eigenvalue weighted by Crippen LogP contribution is -2.52. The molecule has 0 amide bonds. The summed E-state index contributed by atoms with van der Waals surface area (Å²) in [5.74, 6) is -2.80. The van der Waals surface area contributed by atoms with Crippen LogP contribution in [0, 0.1) is 5.92 Å². The van der Waals surface area contributed by atoms with Gasteiger partial charge >= 0.3 is 6.18 Å². The van der Waals surface area contributed by atoms with Gasteiger partial charge < -0.3 is 10.6 Å². The first-order valence-electron chi connectivity index (χ1n) is 6.42. The predicted molar refractivity (Wildman–Crippen MR) is 66.0 cm³/mol. The number of rotatable bonds is 3. The highest BCUT2D eigenvalue weighted by Gasteiger charge is 2.39. The summed E-state index contributed by atoms with van der Waals surface area (Å²) < 4.78 is 63.2. The van der Waals surface area contributed by atoms with Crippen LogP contribution in [0.15, 0.2) is 12.4 Å². The molecule has 9 heteroatoms. The van der Waals surface area contributed by atoms with Crippen LogP contribution in [0.4, 0.5) is 27.8 Å². The van der Waals surface area contributed by atoms with E-state index in [0.29, 0.717) is 6.20 Å². The SMILES string of the molecule is C[C@@H]1CC(F)(F)CN[C@@H]1CNc1cnc(C(F)(F)F)cn1. The number of aromatic nitrogens is 2. The topological polar surface area (TPSA) is 49.8 Å². The van der Waals surface area contributed by atoms with Gasteiger partial charge in [0.1, 0.15) is 5.82 Å². The largest absolute Gasteiger partial charge is 0.434 e. The summed E-state index contributed by atoms with van der Waals surface area (Å²) in [7, 11) is 0. The van der Waals surface area contributed by atoms with Crippen LogP contribution >= 0.6 is 0 Å². The van der Waals surface area contributed by atoms with Crippen molar-refractivity contribution in [3.05, 3.63) is 18.1 Å². The van der Waals surface area contributed by atoms with Crippen LogP contribution in [-0.2, 0) is 6.18 Å². The Kier molecular flexibility index (Phi) is 4.31. The summed E-state index contributed by atoms with van der Waals surface area (Å²) in [5.41, 5.74) is -1.07. The van der Waals surface area contributed by atoms with E-state index in [1.807, 2.05) is 0 Å². The van der Waals surface area contributed by atoms with E-state index in [2.05, 4.69) is 20.6 Å². The monoisotopic (exact) mass is 310 g/mol. The molecule has 2 N–H and O–H groups in total. The number of alkyl halides is 5. The molecular formula is C12H15F5N4. The van der Waals surface area contributed by atoms with Crippen LogP contribution in [0.2, 0.25) is 0 Å². The molecule has 1 aromatic rings. The average Bonchev–Trinajstić information content (AvgIpc) is 2.36. The molecule has 0 aromatic carbocycles. The van der Waals surface area contributed by atoms with E-state index in [4.69, 9.17) is 0 Å². The number of piperidine rings is 1. The zero-order valence-electron chi connectivity index (χ0n) is 11.2. The minimum Gasteiger partial charge on any atom is -0.367 e. The van der Waals surface area contributed by atoms with Gasteiger partial charge in [-0.3, -0.25) is 0 Å². The van der Waals surface area contributed by atoms with Crippen molar-refractivity contribution in [2.75, 3.05) is 18.4 Å². The molecule has 1 fully saturated rings. The highest BCUT2D eigenvalue weighted by Crippen LogP contribution is 2.29. The first-order valence-corrected chi connectivity index (χ1v) is 6.42. The molecule has 118 valence electrons. The minimum atomic E-state index is -4.53. The van der Waals surface area contributed by atoms with Crippen LogP contribution in [0.5, 0.6) is 0 Å².